The second-order valence-electron chi connectivity index (χ2n) is 7.51. The number of benzene rings is 2. The van der Waals surface area contributed by atoms with Crippen LogP contribution in [0.3, 0.4) is 0 Å². The van der Waals surface area contributed by atoms with Crippen LogP contribution in [-0.2, 0) is 4.79 Å². The number of amides is 2. The van der Waals surface area contributed by atoms with Crippen LogP contribution in [0.25, 0.3) is 0 Å². The van der Waals surface area contributed by atoms with Crippen molar-refractivity contribution >= 4 is 29.3 Å². The van der Waals surface area contributed by atoms with Crippen LogP contribution in [0.4, 0.5) is 10.1 Å². The molecule has 0 atom stereocenters. The minimum Gasteiger partial charge on any atom is -0.355 e. The van der Waals surface area contributed by atoms with Crippen LogP contribution in [0, 0.1) is 18.7 Å². The van der Waals surface area contributed by atoms with E-state index in [0.29, 0.717) is 17.2 Å². The first-order chi connectivity index (χ1) is 14.0. The molecule has 0 heterocycles. The number of carbonyl (C=O) groups is 2. The van der Waals surface area contributed by atoms with Gasteiger partial charge in [-0.3, -0.25) is 9.59 Å². The van der Waals surface area contributed by atoms with E-state index in [9.17, 15) is 14.0 Å². The Balaban J connectivity index is 1.57. The summed E-state index contributed by atoms with van der Waals surface area (Å²) in [4.78, 5) is 25.7. The van der Waals surface area contributed by atoms with Crippen molar-refractivity contribution in [1.29, 1.82) is 0 Å². The maximum atomic E-state index is 13.5. The minimum atomic E-state index is -0.400. The van der Waals surface area contributed by atoms with E-state index in [-0.39, 0.29) is 17.6 Å². The molecular weight excluding hydrogens is 387 g/mol. The van der Waals surface area contributed by atoms with Crippen LogP contribution in [0.15, 0.2) is 47.4 Å². The SMILES string of the molecule is Cc1ccc(F)cc1NC(=O)c1ccccc1SCC(=O)NCC1CCCCC1. The van der Waals surface area contributed by atoms with Gasteiger partial charge in [-0.2, -0.15) is 0 Å². The van der Waals surface area contributed by atoms with E-state index in [1.807, 2.05) is 19.1 Å². The fraction of sp³-hybridized carbons (Fsp3) is 0.391. The van der Waals surface area contributed by atoms with E-state index in [2.05, 4.69) is 10.6 Å². The lowest BCUT2D eigenvalue weighted by Gasteiger charge is -2.21. The summed E-state index contributed by atoms with van der Waals surface area (Å²) >= 11 is 1.34. The molecule has 0 saturated heterocycles. The number of carbonyl (C=O) groups excluding carboxylic acids is 2. The minimum absolute atomic E-state index is 0.0169. The molecule has 1 aliphatic rings. The zero-order chi connectivity index (χ0) is 20.6. The van der Waals surface area contributed by atoms with Crippen molar-refractivity contribution in [1.82, 2.24) is 5.32 Å². The summed E-state index contributed by atoms with van der Waals surface area (Å²) in [7, 11) is 0. The van der Waals surface area contributed by atoms with Crippen LogP contribution in [-0.4, -0.2) is 24.1 Å². The average Bonchev–Trinajstić information content (AvgIpc) is 2.74. The molecule has 154 valence electrons. The van der Waals surface area contributed by atoms with Gasteiger partial charge in [0.2, 0.25) is 5.91 Å². The first-order valence-corrected chi connectivity index (χ1v) is 11.1. The molecule has 1 aliphatic carbocycles. The Morgan fingerprint density at radius 2 is 1.86 bits per heavy atom. The second-order valence-corrected chi connectivity index (χ2v) is 8.52. The smallest absolute Gasteiger partial charge is 0.256 e. The highest BCUT2D eigenvalue weighted by atomic mass is 32.2. The summed E-state index contributed by atoms with van der Waals surface area (Å²) in [6.07, 6.45) is 6.19. The molecule has 3 rings (SSSR count). The van der Waals surface area contributed by atoms with Crippen LogP contribution in [0.1, 0.15) is 48.0 Å². The van der Waals surface area contributed by atoms with Gasteiger partial charge in [-0.1, -0.05) is 37.5 Å². The molecule has 0 unspecified atom stereocenters. The van der Waals surface area contributed by atoms with E-state index in [4.69, 9.17) is 0 Å². The van der Waals surface area contributed by atoms with Gasteiger partial charge in [-0.05, 0) is 55.5 Å². The van der Waals surface area contributed by atoms with Gasteiger partial charge in [0, 0.05) is 17.1 Å². The van der Waals surface area contributed by atoms with Crippen molar-refractivity contribution < 1.29 is 14.0 Å². The van der Waals surface area contributed by atoms with E-state index < -0.39 is 5.82 Å². The summed E-state index contributed by atoms with van der Waals surface area (Å²) in [5.41, 5.74) is 1.70. The molecule has 1 fully saturated rings. The monoisotopic (exact) mass is 414 g/mol. The Hall–Kier alpha value is -2.34. The number of hydrogen-bond donors (Lipinski definition) is 2. The summed E-state index contributed by atoms with van der Waals surface area (Å²) in [5.74, 6) is 0.116. The number of thioether (sulfide) groups is 1. The zero-order valence-electron chi connectivity index (χ0n) is 16.7. The molecule has 4 nitrogen and oxygen atoms in total. The molecular formula is C23H27FN2O2S. The van der Waals surface area contributed by atoms with Crippen LogP contribution in [0.2, 0.25) is 0 Å². The number of hydrogen-bond acceptors (Lipinski definition) is 3. The van der Waals surface area contributed by atoms with Crippen molar-refractivity contribution in [2.24, 2.45) is 5.92 Å². The van der Waals surface area contributed by atoms with Gasteiger partial charge < -0.3 is 10.6 Å². The second kappa shape index (κ2) is 10.4. The standard InChI is InChI=1S/C23H27FN2O2S/c1-16-11-12-18(24)13-20(16)26-23(28)19-9-5-6-10-21(19)29-15-22(27)25-14-17-7-3-2-4-8-17/h5-6,9-13,17H,2-4,7-8,14-15H2,1H3,(H,25,27)(H,26,28). The molecule has 0 bridgehead atoms. The predicted octanol–water partition coefficient (Wildman–Crippen LogP) is 5.18. The van der Waals surface area contributed by atoms with Gasteiger partial charge in [-0.15, -0.1) is 11.8 Å². The molecule has 6 heteroatoms. The highest BCUT2D eigenvalue weighted by molar-refractivity contribution is 8.00. The number of nitrogens with one attached hydrogen (secondary N) is 2. The molecule has 0 radical (unpaired) electrons. The van der Waals surface area contributed by atoms with Crippen LogP contribution in [0.5, 0.6) is 0 Å². The quantitative estimate of drug-likeness (QED) is 0.614. The third kappa shape index (κ3) is 6.32. The lowest BCUT2D eigenvalue weighted by atomic mass is 9.89. The van der Waals surface area contributed by atoms with Crippen molar-refractivity contribution in [3.8, 4) is 0 Å². The van der Waals surface area contributed by atoms with E-state index >= 15 is 0 Å². The molecule has 2 aromatic carbocycles. The molecule has 2 amide bonds. The van der Waals surface area contributed by atoms with Gasteiger partial charge in [0.1, 0.15) is 5.82 Å². The molecule has 1 saturated carbocycles. The van der Waals surface area contributed by atoms with Gasteiger partial charge in [0.15, 0.2) is 0 Å². The van der Waals surface area contributed by atoms with Gasteiger partial charge in [0.05, 0.1) is 11.3 Å². The largest absolute Gasteiger partial charge is 0.355 e. The first-order valence-electron chi connectivity index (χ1n) is 10.1. The Bertz CT molecular complexity index is 866. The number of anilines is 1. The summed E-state index contributed by atoms with van der Waals surface area (Å²) < 4.78 is 13.5. The summed E-state index contributed by atoms with van der Waals surface area (Å²) in [6.45, 7) is 2.55. The maximum Gasteiger partial charge on any atom is 0.256 e. The Labute approximate surface area is 175 Å². The average molecular weight is 415 g/mol. The topological polar surface area (TPSA) is 58.2 Å². The molecule has 0 aliphatic heterocycles. The lowest BCUT2D eigenvalue weighted by molar-refractivity contribution is -0.118. The van der Waals surface area contributed by atoms with Crippen molar-refractivity contribution in [2.75, 3.05) is 17.6 Å². The Morgan fingerprint density at radius 1 is 1.10 bits per heavy atom. The van der Waals surface area contributed by atoms with Gasteiger partial charge >= 0.3 is 0 Å². The fourth-order valence-corrected chi connectivity index (χ4v) is 4.42. The molecule has 2 N–H and O–H groups in total. The maximum absolute atomic E-state index is 13.5. The Kier molecular flexibility index (Phi) is 7.69. The zero-order valence-corrected chi connectivity index (χ0v) is 17.5. The van der Waals surface area contributed by atoms with Crippen LogP contribution >= 0.6 is 11.8 Å². The summed E-state index contributed by atoms with van der Waals surface area (Å²) in [6, 6.07) is 11.5. The molecule has 29 heavy (non-hydrogen) atoms. The lowest BCUT2D eigenvalue weighted by Crippen LogP contribution is -2.31. The highest BCUT2D eigenvalue weighted by Gasteiger charge is 2.16. The molecule has 2 aromatic rings. The van der Waals surface area contributed by atoms with E-state index in [1.165, 1.54) is 56.0 Å². The predicted molar refractivity (Wildman–Crippen MR) is 116 cm³/mol. The van der Waals surface area contributed by atoms with Crippen LogP contribution < -0.4 is 10.6 Å². The number of aryl methyl sites for hydroxylation is 1. The third-order valence-corrected chi connectivity index (χ3v) is 6.32. The van der Waals surface area contributed by atoms with Gasteiger partial charge in [-0.25, -0.2) is 4.39 Å². The van der Waals surface area contributed by atoms with E-state index in [1.54, 1.807) is 18.2 Å². The molecule has 0 spiro atoms. The first kappa shape index (κ1) is 21.4. The third-order valence-electron chi connectivity index (χ3n) is 5.25. The van der Waals surface area contributed by atoms with Crippen molar-refractivity contribution in [3.05, 3.63) is 59.4 Å². The normalized spacial score (nSPS) is 14.4. The van der Waals surface area contributed by atoms with Crippen molar-refractivity contribution in [2.45, 2.75) is 43.9 Å². The highest BCUT2D eigenvalue weighted by Crippen LogP contribution is 2.25. The van der Waals surface area contributed by atoms with E-state index in [0.717, 1.165) is 17.0 Å². The fourth-order valence-electron chi connectivity index (χ4n) is 3.54. The van der Waals surface area contributed by atoms with Gasteiger partial charge in [0.25, 0.3) is 5.91 Å². The Morgan fingerprint density at radius 3 is 2.66 bits per heavy atom. The molecule has 0 aromatic heterocycles. The van der Waals surface area contributed by atoms with Crippen molar-refractivity contribution in [3.63, 3.8) is 0 Å². The number of rotatable bonds is 7. The number of halogens is 1. The summed E-state index contributed by atoms with van der Waals surface area (Å²) in [5, 5.41) is 5.79.